The number of aliphatic imine (C=N–C) groups is 2. The number of aromatic amines is 1. The summed E-state index contributed by atoms with van der Waals surface area (Å²) >= 11 is 12.6. The van der Waals surface area contributed by atoms with E-state index in [2.05, 4.69) is 27.5 Å². The highest BCUT2D eigenvalue weighted by Gasteiger charge is 2.22. The summed E-state index contributed by atoms with van der Waals surface area (Å²) in [6.07, 6.45) is 11.2. The molecular formula is C20H20Cl2N4. The van der Waals surface area contributed by atoms with E-state index in [-0.39, 0.29) is 0 Å². The average molecular weight is 387 g/mol. The Labute approximate surface area is 164 Å². The molecule has 0 atom stereocenters. The molecule has 0 amide bonds. The van der Waals surface area contributed by atoms with Crippen LogP contribution in [0.15, 0.2) is 47.2 Å². The molecule has 26 heavy (non-hydrogen) atoms. The van der Waals surface area contributed by atoms with Crippen LogP contribution in [0.25, 0.3) is 0 Å². The van der Waals surface area contributed by atoms with E-state index < -0.39 is 0 Å². The number of nitrogens with one attached hydrogen (secondary N) is 1. The normalized spacial score (nSPS) is 11.6. The molecule has 2 aromatic rings. The largest absolute Gasteiger partial charge is 0.346 e. The second kappa shape index (κ2) is 9.28. The van der Waals surface area contributed by atoms with Gasteiger partial charge >= 0.3 is 0 Å². The molecule has 0 aliphatic heterocycles. The van der Waals surface area contributed by atoms with Crippen LogP contribution in [0.1, 0.15) is 25.0 Å². The van der Waals surface area contributed by atoms with Crippen LogP contribution in [-0.4, -0.2) is 23.6 Å². The minimum atomic E-state index is 0.419. The predicted molar refractivity (Wildman–Crippen MR) is 113 cm³/mol. The zero-order chi connectivity index (χ0) is 19.1. The van der Waals surface area contributed by atoms with Crippen molar-refractivity contribution in [1.29, 1.82) is 0 Å². The minimum absolute atomic E-state index is 0.419. The van der Waals surface area contributed by atoms with Crippen molar-refractivity contribution in [2.45, 2.75) is 20.3 Å². The molecule has 1 heterocycles. The van der Waals surface area contributed by atoms with Gasteiger partial charge in [-0.3, -0.25) is 4.99 Å². The van der Waals surface area contributed by atoms with Crippen LogP contribution in [0.3, 0.4) is 0 Å². The molecule has 1 aromatic heterocycles. The summed E-state index contributed by atoms with van der Waals surface area (Å²) in [5.74, 6) is 4.07. The van der Waals surface area contributed by atoms with Crippen molar-refractivity contribution in [2.24, 2.45) is 9.98 Å². The number of hydrogen-bond acceptors (Lipinski definition) is 2. The highest BCUT2D eigenvalue weighted by atomic mass is 35.5. The molecule has 0 spiro atoms. The van der Waals surface area contributed by atoms with Crippen molar-refractivity contribution >= 4 is 46.8 Å². The Kier molecular flexibility index (Phi) is 7.08. The number of hydrogen-bond donors (Lipinski definition) is 1. The third-order valence-electron chi connectivity index (χ3n) is 3.65. The molecule has 0 saturated carbocycles. The lowest BCUT2D eigenvalue weighted by atomic mass is 10.1. The summed E-state index contributed by atoms with van der Waals surface area (Å²) in [5, 5.41) is 0.889. The fourth-order valence-corrected chi connectivity index (χ4v) is 2.97. The molecule has 4 nitrogen and oxygen atoms in total. The average Bonchev–Trinajstić information content (AvgIpc) is 3.01. The molecule has 0 radical (unpaired) electrons. The number of rotatable bonds is 6. The van der Waals surface area contributed by atoms with Crippen LogP contribution >= 0.6 is 23.2 Å². The number of aromatic nitrogens is 1. The van der Waals surface area contributed by atoms with Crippen molar-refractivity contribution in [3.63, 3.8) is 0 Å². The Bertz CT molecular complexity index is 888. The van der Waals surface area contributed by atoms with Crippen molar-refractivity contribution in [3.05, 3.63) is 58.3 Å². The summed E-state index contributed by atoms with van der Waals surface area (Å²) < 4.78 is 0. The van der Waals surface area contributed by atoms with Crippen LogP contribution in [0.4, 0.5) is 11.5 Å². The first-order valence-electron chi connectivity index (χ1n) is 8.11. The Morgan fingerprint density at radius 2 is 2.19 bits per heavy atom. The van der Waals surface area contributed by atoms with Crippen LogP contribution < -0.4 is 4.90 Å². The highest BCUT2D eigenvalue weighted by Crippen LogP contribution is 2.34. The van der Waals surface area contributed by atoms with Gasteiger partial charge in [0.15, 0.2) is 0 Å². The van der Waals surface area contributed by atoms with Gasteiger partial charge < -0.3 is 9.88 Å². The summed E-state index contributed by atoms with van der Waals surface area (Å²) in [6.45, 7) is 8.30. The van der Waals surface area contributed by atoms with Gasteiger partial charge in [0.25, 0.3) is 0 Å². The van der Waals surface area contributed by atoms with Gasteiger partial charge in [0, 0.05) is 42.7 Å². The van der Waals surface area contributed by atoms with Crippen LogP contribution in [0.5, 0.6) is 0 Å². The van der Waals surface area contributed by atoms with Crippen LogP contribution in [0, 0.1) is 12.3 Å². The summed E-state index contributed by atoms with van der Waals surface area (Å²) in [7, 11) is 0. The van der Waals surface area contributed by atoms with Gasteiger partial charge in [-0.25, -0.2) is 4.99 Å². The summed E-state index contributed by atoms with van der Waals surface area (Å²) in [6, 6.07) is 5.43. The summed E-state index contributed by atoms with van der Waals surface area (Å²) in [4.78, 5) is 14.0. The Morgan fingerprint density at radius 1 is 1.42 bits per heavy atom. The quantitative estimate of drug-likeness (QED) is 0.389. The van der Waals surface area contributed by atoms with Crippen LogP contribution in [-0.2, 0) is 6.42 Å². The number of terminal acetylenes is 1. The van der Waals surface area contributed by atoms with Gasteiger partial charge in [0.2, 0.25) is 0 Å². The first-order valence-corrected chi connectivity index (χ1v) is 8.87. The molecule has 0 fully saturated rings. The molecule has 0 unspecified atom stereocenters. The number of anilines is 1. The zero-order valence-electron chi connectivity index (χ0n) is 14.8. The predicted octanol–water partition coefficient (Wildman–Crippen LogP) is 5.64. The molecule has 134 valence electrons. The number of halogens is 2. The lowest BCUT2D eigenvalue weighted by Gasteiger charge is -2.24. The molecule has 1 N–H and O–H groups in total. The first kappa shape index (κ1) is 19.8. The molecule has 6 heteroatoms. The van der Waals surface area contributed by atoms with Crippen molar-refractivity contribution in [1.82, 2.24) is 4.98 Å². The number of H-pyrrole nitrogens is 1. The fourth-order valence-electron chi connectivity index (χ4n) is 2.59. The van der Waals surface area contributed by atoms with Gasteiger partial charge in [-0.05, 0) is 26.0 Å². The molecule has 0 saturated heterocycles. The Hall–Kier alpha value is -2.48. The van der Waals surface area contributed by atoms with Gasteiger partial charge in [0.1, 0.15) is 11.7 Å². The lowest BCUT2D eigenvalue weighted by molar-refractivity contribution is 1.11. The van der Waals surface area contributed by atoms with Gasteiger partial charge in [0.05, 0.1) is 15.7 Å². The molecular weight excluding hydrogens is 367 g/mol. The molecule has 0 bridgehead atoms. The third kappa shape index (κ3) is 4.01. The maximum atomic E-state index is 6.41. The standard InChI is InChI=1S/C20H20Cl2N4/c1-5-10-14-15(13-25-19(14)23-6-2)20(24-7-3)26(8-4)17-12-9-11-16(21)18(17)22/h1,6,8-9,11-13,25H,4,7,10H2,2-3H3/b23-6-,24-20?. The number of nitrogens with zero attached hydrogens (tertiary/aromatic N) is 3. The van der Waals surface area contributed by atoms with E-state index in [0.717, 1.165) is 11.1 Å². The summed E-state index contributed by atoms with van der Waals surface area (Å²) in [5.41, 5.74) is 2.43. The van der Waals surface area contributed by atoms with E-state index in [1.807, 2.05) is 32.2 Å². The number of amidine groups is 1. The smallest absolute Gasteiger partial charge is 0.141 e. The highest BCUT2D eigenvalue weighted by molar-refractivity contribution is 6.44. The van der Waals surface area contributed by atoms with Gasteiger partial charge in [-0.15, -0.1) is 12.3 Å². The van der Waals surface area contributed by atoms with E-state index >= 15 is 0 Å². The zero-order valence-corrected chi connectivity index (χ0v) is 16.3. The first-order chi connectivity index (χ1) is 12.6. The van der Waals surface area contributed by atoms with Crippen molar-refractivity contribution < 1.29 is 0 Å². The van der Waals surface area contributed by atoms with E-state index in [0.29, 0.717) is 40.4 Å². The Balaban J connectivity index is 2.66. The van der Waals surface area contributed by atoms with E-state index in [1.165, 1.54) is 0 Å². The van der Waals surface area contributed by atoms with Crippen molar-refractivity contribution in [3.8, 4) is 12.3 Å². The number of benzene rings is 1. The third-order valence-corrected chi connectivity index (χ3v) is 4.46. The maximum absolute atomic E-state index is 6.41. The second-order valence-corrected chi connectivity index (χ2v) is 6.01. The second-order valence-electron chi connectivity index (χ2n) is 5.22. The molecule has 1 aromatic carbocycles. The van der Waals surface area contributed by atoms with E-state index in [4.69, 9.17) is 29.6 Å². The monoisotopic (exact) mass is 386 g/mol. The van der Waals surface area contributed by atoms with E-state index in [1.54, 1.807) is 23.4 Å². The topological polar surface area (TPSA) is 43.8 Å². The van der Waals surface area contributed by atoms with E-state index in [9.17, 15) is 0 Å². The SMILES string of the molecule is C#CCc1c(C(=NCC)N(C=C)c2cccc(Cl)c2Cl)c[nH]c1/N=C\C. The molecule has 0 aliphatic carbocycles. The Morgan fingerprint density at radius 3 is 2.81 bits per heavy atom. The molecule has 0 aliphatic rings. The van der Waals surface area contributed by atoms with Crippen molar-refractivity contribution in [2.75, 3.05) is 11.4 Å². The fraction of sp³-hybridized carbons (Fsp3) is 0.200. The molecule has 2 rings (SSSR count). The maximum Gasteiger partial charge on any atom is 0.141 e. The van der Waals surface area contributed by atoms with Gasteiger partial charge in [-0.2, -0.15) is 0 Å². The minimum Gasteiger partial charge on any atom is -0.346 e. The lowest BCUT2D eigenvalue weighted by Crippen LogP contribution is -2.27. The van der Waals surface area contributed by atoms with Crippen LogP contribution in [0.2, 0.25) is 10.0 Å². The van der Waals surface area contributed by atoms with Gasteiger partial charge in [-0.1, -0.05) is 35.8 Å².